The Bertz CT molecular complexity index is 891. The fourth-order valence-electron chi connectivity index (χ4n) is 3.95. The molecular weight excluding hydrogens is 356 g/mol. The number of hydrogen-bond donors (Lipinski definition) is 2. The average molecular weight is 381 g/mol. The van der Waals surface area contributed by atoms with Gasteiger partial charge in [0.2, 0.25) is 0 Å². The number of rotatable bonds is 7. The zero-order chi connectivity index (χ0) is 19.3. The molecule has 1 unspecified atom stereocenters. The van der Waals surface area contributed by atoms with Gasteiger partial charge < -0.3 is 10.3 Å². The number of halogens is 2. The Balaban J connectivity index is 1.43. The molecule has 2 aromatic carbocycles. The number of fused-ring (bicyclic) bond motifs is 1. The summed E-state index contributed by atoms with van der Waals surface area (Å²) in [6.07, 6.45) is 3.56. The van der Waals surface area contributed by atoms with E-state index in [1.165, 1.54) is 23.4 Å². The van der Waals surface area contributed by atoms with Gasteiger partial charge in [0, 0.05) is 44.1 Å². The largest absolute Gasteiger partial charge is 0.364 e. The van der Waals surface area contributed by atoms with Crippen molar-refractivity contribution in [1.82, 2.24) is 15.2 Å². The Morgan fingerprint density at radius 1 is 1.00 bits per heavy atom. The molecule has 1 aliphatic heterocycles. The number of aromatic nitrogens is 1. The zero-order valence-corrected chi connectivity index (χ0v) is 15.8. The summed E-state index contributed by atoms with van der Waals surface area (Å²) in [7, 11) is 0. The maximum atomic E-state index is 13.7. The lowest BCUT2D eigenvalue weighted by atomic mass is 9.90. The van der Waals surface area contributed by atoms with Crippen molar-refractivity contribution in [3.05, 3.63) is 94.8 Å². The topological polar surface area (TPSA) is 31.1 Å². The molecule has 0 spiro atoms. The van der Waals surface area contributed by atoms with Crippen molar-refractivity contribution in [2.75, 3.05) is 13.1 Å². The van der Waals surface area contributed by atoms with E-state index in [0.717, 1.165) is 50.1 Å². The molecule has 0 saturated heterocycles. The lowest BCUT2D eigenvalue weighted by Crippen LogP contribution is -2.44. The molecule has 146 valence electrons. The number of hydrogen-bond acceptors (Lipinski definition) is 2. The van der Waals surface area contributed by atoms with Gasteiger partial charge >= 0.3 is 0 Å². The molecule has 0 amide bonds. The quantitative estimate of drug-likeness (QED) is 0.605. The molecular formula is C23H25F2N3. The highest BCUT2D eigenvalue weighted by atomic mass is 19.1. The van der Waals surface area contributed by atoms with Crippen molar-refractivity contribution >= 4 is 0 Å². The first kappa shape index (κ1) is 18.8. The van der Waals surface area contributed by atoms with E-state index in [-0.39, 0.29) is 17.7 Å². The zero-order valence-electron chi connectivity index (χ0n) is 15.8. The Hall–Kier alpha value is -2.50. The van der Waals surface area contributed by atoms with Crippen molar-refractivity contribution in [2.24, 2.45) is 0 Å². The number of benzene rings is 2. The summed E-state index contributed by atoms with van der Waals surface area (Å²) in [6, 6.07) is 16.1. The van der Waals surface area contributed by atoms with Gasteiger partial charge in [0.25, 0.3) is 0 Å². The molecule has 3 aromatic rings. The number of nitrogens with one attached hydrogen (secondary N) is 2. The molecule has 2 heterocycles. The van der Waals surface area contributed by atoms with Gasteiger partial charge in [-0.05, 0) is 65.9 Å². The molecule has 5 heteroatoms. The summed E-state index contributed by atoms with van der Waals surface area (Å²) in [5.41, 5.74) is 4.56. The minimum Gasteiger partial charge on any atom is -0.364 e. The van der Waals surface area contributed by atoms with Gasteiger partial charge in [-0.1, -0.05) is 18.2 Å². The summed E-state index contributed by atoms with van der Waals surface area (Å²) in [6.45, 7) is 3.40. The van der Waals surface area contributed by atoms with Gasteiger partial charge in [0.1, 0.15) is 11.6 Å². The third-order valence-corrected chi connectivity index (χ3v) is 5.45. The molecule has 1 aliphatic rings. The van der Waals surface area contributed by atoms with Gasteiger partial charge in [0.15, 0.2) is 0 Å². The van der Waals surface area contributed by atoms with Crippen LogP contribution in [0.25, 0.3) is 0 Å². The number of aromatic amines is 1. The highest BCUT2D eigenvalue weighted by molar-refractivity contribution is 5.32. The van der Waals surface area contributed by atoms with Crippen molar-refractivity contribution in [1.29, 1.82) is 0 Å². The van der Waals surface area contributed by atoms with Gasteiger partial charge in [0.05, 0.1) is 0 Å². The second-order valence-corrected chi connectivity index (χ2v) is 7.44. The van der Waals surface area contributed by atoms with E-state index >= 15 is 0 Å². The average Bonchev–Trinajstić information content (AvgIpc) is 3.21. The van der Waals surface area contributed by atoms with Gasteiger partial charge in [-0.3, -0.25) is 4.90 Å². The third-order valence-electron chi connectivity index (χ3n) is 5.45. The summed E-state index contributed by atoms with van der Waals surface area (Å²) < 4.78 is 26.9. The molecule has 2 N–H and O–H groups in total. The van der Waals surface area contributed by atoms with Crippen molar-refractivity contribution in [2.45, 2.75) is 32.0 Å². The fourth-order valence-corrected chi connectivity index (χ4v) is 3.95. The molecule has 1 aromatic heterocycles. The van der Waals surface area contributed by atoms with Crippen LogP contribution in [-0.4, -0.2) is 29.0 Å². The number of nitrogens with zero attached hydrogens (tertiary/aromatic N) is 1. The van der Waals surface area contributed by atoms with Gasteiger partial charge in [-0.25, -0.2) is 8.78 Å². The molecule has 1 atom stereocenters. The van der Waals surface area contributed by atoms with E-state index in [0.29, 0.717) is 0 Å². The summed E-state index contributed by atoms with van der Waals surface area (Å²) in [5, 5.41) is 3.48. The summed E-state index contributed by atoms with van der Waals surface area (Å²) >= 11 is 0. The van der Waals surface area contributed by atoms with Crippen molar-refractivity contribution < 1.29 is 8.78 Å². The number of H-pyrrole nitrogens is 1. The minimum absolute atomic E-state index is 0.180. The van der Waals surface area contributed by atoms with E-state index in [2.05, 4.69) is 21.3 Å². The predicted octanol–water partition coefficient (Wildman–Crippen LogP) is 4.05. The van der Waals surface area contributed by atoms with Crippen LogP contribution in [0.15, 0.2) is 60.8 Å². The van der Waals surface area contributed by atoms with Crippen LogP contribution < -0.4 is 5.32 Å². The highest BCUT2D eigenvalue weighted by Gasteiger charge is 2.26. The van der Waals surface area contributed by atoms with Crippen LogP contribution >= 0.6 is 0 Å². The first-order chi connectivity index (χ1) is 13.7. The van der Waals surface area contributed by atoms with Crippen LogP contribution in [0.3, 0.4) is 0 Å². The molecule has 0 aliphatic carbocycles. The van der Waals surface area contributed by atoms with Gasteiger partial charge in [-0.2, -0.15) is 0 Å². The molecule has 0 fully saturated rings. The SMILES string of the molecule is Fc1ccc(CC2Cc3cc(F)ccc3CN2CCNCc2ccc[nH]2)cc1. The van der Waals surface area contributed by atoms with E-state index in [9.17, 15) is 8.78 Å². The van der Waals surface area contributed by atoms with Crippen LogP contribution in [0.4, 0.5) is 8.78 Å². The Labute approximate surface area is 164 Å². The van der Waals surface area contributed by atoms with Crippen LogP contribution in [0.5, 0.6) is 0 Å². The second kappa shape index (κ2) is 8.67. The Kier molecular flexibility index (Phi) is 5.84. The minimum atomic E-state index is -0.217. The maximum Gasteiger partial charge on any atom is 0.123 e. The maximum absolute atomic E-state index is 13.7. The summed E-state index contributed by atoms with van der Waals surface area (Å²) in [4.78, 5) is 5.65. The molecule has 0 saturated carbocycles. The molecule has 0 bridgehead atoms. The molecule has 4 rings (SSSR count). The van der Waals surface area contributed by atoms with Crippen LogP contribution in [0.1, 0.15) is 22.4 Å². The van der Waals surface area contributed by atoms with Crippen LogP contribution in [0.2, 0.25) is 0 Å². The van der Waals surface area contributed by atoms with Crippen LogP contribution in [0, 0.1) is 11.6 Å². The Morgan fingerprint density at radius 3 is 2.61 bits per heavy atom. The van der Waals surface area contributed by atoms with Gasteiger partial charge in [-0.15, -0.1) is 0 Å². The normalized spacial score (nSPS) is 16.9. The molecule has 28 heavy (non-hydrogen) atoms. The highest BCUT2D eigenvalue weighted by Crippen LogP contribution is 2.26. The first-order valence-corrected chi connectivity index (χ1v) is 9.76. The fraction of sp³-hybridized carbons (Fsp3) is 0.304. The first-order valence-electron chi connectivity index (χ1n) is 9.76. The van der Waals surface area contributed by atoms with Crippen molar-refractivity contribution in [3.63, 3.8) is 0 Å². The monoisotopic (exact) mass is 381 g/mol. The van der Waals surface area contributed by atoms with E-state index in [4.69, 9.17) is 0 Å². The van der Waals surface area contributed by atoms with E-state index in [1.807, 2.05) is 30.5 Å². The van der Waals surface area contributed by atoms with Crippen LogP contribution in [-0.2, 0) is 25.9 Å². The third kappa shape index (κ3) is 4.66. The molecule has 3 nitrogen and oxygen atoms in total. The standard InChI is InChI=1S/C23H25F2N3/c24-20-6-3-17(4-7-20)12-23-14-19-13-21(25)8-5-18(19)16-28(23)11-10-26-15-22-2-1-9-27-22/h1-9,13,23,26-27H,10-12,14-16H2. The molecule has 0 radical (unpaired) electrons. The van der Waals surface area contributed by atoms with E-state index < -0.39 is 0 Å². The van der Waals surface area contributed by atoms with E-state index in [1.54, 1.807) is 12.1 Å². The smallest absolute Gasteiger partial charge is 0.123 e. The second-order valence-electron chi connectivity index (χ2n) is 7.44. The lowest BCUT2D eigenvalue weighted by molar-refractivity contribution is 0.170. The predicted molar refractivity (Wildman–Crippen MR) is 107 cm³/mol. The lowest BCUT2D eigenvalue weighted by Gasteiger charge is -2.37. The Morgan fingerprint density at radius 2 is 1.82 bits per heavy atom. The summed E-state index contributed by atoms with van der Waals surface area (Å²) in [5.74, 6) is -0.398. The van der Waals surface area contributed by atoms with Crippen molar-refractivity contribution in [3.8, 4) is 0 Å².